The molecule has 6 nitrogen and oxygen atoms in total. The zero-order valence-electron chi connectivity index (χ0n) is 21.0. The predicted molar refractivity (Wildman–Crippen MR) is 139 cm³/mol. The maximum absolute atomic E-state index is 13.2. The lowest BCUT2D eigenvalue weighted by Gasteiger charge is -2.26. The number of carbonyl (C=O) groups excluding carboxylic acids is 2. The Morgan fingerprint density at radius 3 is 2.03 bits per heavy atom. The maximum atomic E-state index is 13.2. The molecule has 2 N–H and O–H groups in total. The molecule has 1 unspecified atom stereocenters. The summed E-state index contributed by atoms with van der Waals surface area (Å²) in [6.45, 7) is 8.10. The fourth-order valence-electron chi connectivity index (χ4n) is 4.31. The molecule has 1 fully saturated rings. The molecule has 0 saturated carbocycles. The molecule has 1 heterocycles. The fourth-order valence-corrected chi connectivity index (χ4v) is 4.31. The summed E-state index contributed by atoms with van der Waals surface area (Å²) in [5.74, 6) is -0.864. The van der Waals surface area contributed by atoms with E-state index in [1.165, 1.54) is 17.0 Å². The Hall–Kier alpha value is -4.06. The van der Waals surface area contributed by atoms with E-state index in [0.717, 1.165) is 17.5 Å². The third-order valence-electron chi connectivity index (χ3n) is 6.08. The van der Waals surface area contributed by atoms with E-state index >= 15 is 0 Å². The summed E-state index contributed by atoms with van der Waals surface area (Å²) in [5, 5.41) is 21.0. The number of aromatic hydroxyl groups is 1. The van der Waals surface area contributed by atoms with Crippen LogP contribution in [0.3, 0.4) is 0 Å². The summed E-state index contributed by atoms with van der Waals surface area (Å²) in [6.07, 6.45) is 0.846. The minimum Gasteiger partial charge on any atom is -0.508 e. The molecule has 36 heavy (non-hydrogen) atoms. The van der Waals surface area contributed by atoms with E-state index in [0.29, 0.717) is 16.9 Å². The molecule has 3 aromatic carbocycles. The Bertz CT molecular complexity index is 1280. The molecular formula is C30H31NO5. The molecule has 0 radical (unpaired) electrons. The first kappa shape index (κ1) is 25.0. The first-order valence-corrected chi connectivity index (χ1v) is 12.0. The van der Waals surface area contributed by atoms with Gasteiger partial charge in [0.15, 0.2) is 0 Å². The average molecular weight is 486 g/mol. The number of aryl methyl sites for hydroxylation is 1. The number of aliphatic hydroxyl groups is 1. The van der Waals surface area contributed by atoms with Crippen molar-refractivity contribution in [1.82, 2.24) is 4.90 Å². The minimum atomic E-state index is -0.804. The molecule has 3 aromatic rings. The van der Waals surface area contributed by atoms with Crippen LogP contribution in [0.2, 0.25) is 0 Å². The average Bonchev–Trinajstić information content (AvgIpc) is 3.09. The van der Waals surface area contributed by atoms with Crippen LogP contribution in [0, 0.1) is 0 Å². The number of amides is 1. The van der Waals surface area contributed by atoms with Crippen molar-refractivity contribution in [2.24, 2.45) is 0 Å². The summed E-state index contributed by atoms with van der Waals surface area (Å²) in [4.78, 5) is 27.9. The summed E-state index contributed by atoms with van der Waals surface area (Å²) in [6, 6.07) is 20.2. The number of hydrogen-bond donors (Lipinski definition) is 2. The SMILES string of the molecule is CCc1ccc(/C(O)=C2/C(=O)C(=O)N(Cc3ccc(OC(C)(C)C)cc3)C2c2ccc(O)cc2)cc1. The Balaban J connectivity index is 1.74. The first-order valence-electron chi connectivity index (χ1n) is 12.0. The lowest BCUT2D eigenvalue weighted by Crippen LogP contribution is -2.29. The van der Waals surface area contributed by atoms with Crippen LogP contribution in [0.4, 0.5) is 0 Å². The number of ether oxygens (including phenoxy) is 1. The molecule has 0 spiro atoms. The van der Waals surface area contributed by atoms with Crippen LogP contribution in [0.5, 0.6) is 11.5 Å². The van der Waals surface area contributed by atoms with Gasteiger partial charge in [-0.05, 0) is 68.1 Å². The number of nitrogens with zero attached hydrogens (tertiary/aromatic N) is 1. The van der Waals surface area contributed by atoms with Crippen LogP contribution in [0.25, 0.3) is 5.76 Å². The van der Waals surface area contributed by atoms with E-state index in [1.807, 2.05) is 64.1 Å². The zero-order chi connectivity index (χ0) is 26.0. The van der Waals surface area contributed by atoms with Crippen molar-refractivity contribution in [1.29, 1.82) is 0 Å². The quantitative estimate of drug-likeness (QED) is 0.264. The summed E-state index contributed by atoms with van der Waals surface area (Å²) in [7, 11) is 0. The maximum Gasteiger partial charge on any atom is 0.295 e. The molecule has 1 aliphatic rings. The highest BCUT2D eigenvalue weighted by atomic mass is 16.5. The zero-order valence-corrected chi connectivity index (χ0v) is 21.0. The van der Waals surface area contributed by atoms with E-state index in [2.05, 4.69) is 0 Å². The van der Waals surface area contributed by atoms with Crippen molar-refractivity contribution < 1.29 is 24.5 Å². The van der Waals surface area contributed by atoms with Gasteiger partial charge < -0.3 is 19.8 Å². The highest BCUT2D eigenvalue weighted by molar-refractivity contribution is 6.46. The third kappa shape index (κ3) is 5.28. The summed E-state index contributed by atoms with van der Waals surface area (Å²) in [5.41, 5.74) is 2.69. The van der Waals surface area contributed by atoms with E-state index in [9.17, 15) is 19.8 Å². The van der Waals surface area contributed by atoms with Gasteiger partial charge in [0.1, 0.15) is 22.9 Å². The number of likely N-dealkylation sites (tertiary alicyclic amines) is 1. The topological polar surface area (TPSA) is 87.1 Å². The Morgan fingerprint density at radius 2 is 1.47 bits per heavy atom. The molecule has 0 aliphatic carbocycles. The van der Waals surface area contributed by atoms with E-state index in [-0.39, 0.29) is 29.2 Å². The van der Waals surface area contributed by atoms with Crippen molar-refractivity contribution in [2.75, 3.05) is 0 Å². The molecule has 4 rings (SSSR count). The Kier molecular flexibility index (Phi) is 6.88. The number of ketones is 1. The lowest BCUT2D eigenvalue weighted by molar-refractivity contribution is -0.140. The van der Waals surface area contributed by atoms with Crippen LogP contribution in [0.1, 0.15) is 56.0 Å². The Morgan fingerprint density at radius 1 is 0.889 bits per heavy atom. The van der Waals surface area contributed by atoms with Gasteiger partial charge in [0, 0.05) is 12.1 Å². The second-order valence-corrected chi connectivity index (χ2v) is 9.93. The van der Waals surface area contributed by atoms with Crippen LogP contribution >= 0.6 is 0 Å². The second kappa shape index (κ2) is 9.90. The molecule has 0 aromatic heterocycles. The Labute approximate surface area is 211 Å². The fraction of sp³-hybridized carbons (Fsp3) is 0.267. The van der Waals surface area contributed by atoms with Crippen LogP contribution in [0.15, 0.2) is 78.4 Å². The smallest absolute Gasteiger partial charge is 0.295 e. The van der Waals surface area contributed by atoms with Gasteiger partial charge >= 0.3 is 0 Å². The van der Waals surface area contributed by atoms with E-state index in [4.69, 9.17) is 4.74 Å². The van der Waals surface area contributed by atoms with Gasteiger partial charge in [-0.1, -0.05) is 55.5 Å². The molecule has 1 atom stereocenters. The standard InChI is InChI=1S/C30H31NO5/c1-5-19-6-10-22(11-7-19)27(33)25-26(21-12-14-23(32)15-13-21)31(29(35)28(25)34)18-20-8-16-24(17-9-20)36-30(2,3)4/h6-17,26,32-33H,5,18H2,1-4H3/b27-25-. The van der Waals surface area contributed by atoms with Gasteiger partial charge in [0.2, 0.25) is 0 Å². The minimum absolute atomic E-state index is 0.0302. The predicted octanol–water partition coefficient (Wildman–Crippen LogP) is 5.75. The monoisotopic (exact) mass is 485 g/mol. The first-order chi connectivity index (χ1) is 17.1. The molecule has 1 amide bonds. The molecule has 186 valence electrons. The third-order valence-corrected chi connectivity index (χ3v) is 6.08. The number of aliphatic hydroxyl groups excluding tert-OH is 1. The van der Waals surface area contributed by atoms with Crippen LogP contribution < -0.4 is 4.74 Å². The number of rotatable bonds is 6. The lowest BCUT2D eigenvalue weighted by atomic mass is 9.94. The number of hydrogen-bond acceptors (Lipinski definition) is 5. The molecular weight excluding hydrogens is 454 g/mol. The number of phenolic OH excluding ortho intramolecular Hbond substituents is 1. The summed E-state index contributed by atoms with van der Waals surface area (Å²) >= 11 is 0. The van der Waals surface area contributed by atoms with Crippen molar-refractivity contribution >= 4 is 17.4 Å². The molecule has 0 bridgehead atoms. The van der Waals surface area contributed by atoms with Gasteiger partial charge in [-0.2, -0.15) is 0 Å². The van der Waals surface area contributed by atoms with Crippen molar-refractivity contribution in [3.63, 3.8) is 0 Å². The van der Waals surface area contributed by atoms with E-state index in [1.54, 1.807) is 24.3 Å². The number of phenols is 1. The molecule has 6 heteroatoms. The van der Waals surface area contributed by atoms with Crippen molar-refractivity contribution in [2.45, 2.75) is 52.3 Å². The highest BCUT2D eigenvalue weighted by Gasteiger charge is 2.46. The van der Waals surface area contributed by atoms with E-state index < -0.39 is 17.7 Å². The molecule has 1 aliphatic heterocycles. The van der Waals surface area contributed by atoms with Gasteiger partial charge in [-0.25, -0.2) is 0 Å². The molecule has 1 saturated heterocycles. The van der Waals surface area contributed by atoms with Crippen molar-refractivity contribution in [3.05, 3.63) is 101 Å². The summed E-state index contributed by atoms with van der Waals surface area (Å²) < 4.78 is 5.88. The van der Waals surface area contributed by atoms with Gasteiger partial charge in [-0.3, -0.25) is 9.59 Å². The van der Waals surface area contributed by atoms with Crippen LogP contribution in [-0.2, 0) is 22.6 Å². The number of carbonyl (C=O) groups is 2. The number of benzene rings is 3. The largest absolute Gasteiger partial charge is 0.508 e. The van der Waals surface area contributed by atoms with Gasteiger partial charge in [0.05, 0.1) is 11.6 Å². The van der Waals surface area contributed by atoms with Crippen molar-refractivity contribution in [3.8, 4) is 11.5 Å². The van der Waals surface area contributed by atoms with Gasteiger partial charge in [0.25, 0.3) is 11.7 Å². The number of Topliss-reactive ketones (excluding diaryl/α,β-unsaturated/α-hetero) is 1. The van der Waals surface area contributed by atoms with Crippen LogP contribution in [-0.4, -0.2) is 32.4 Å². The highest BCUT2D eigenvalue weighted by Crippen LogP contribution is 2.40. The second-order valence-electron chi connectivity index (χ2n) is 9.93. The normalized spacial score (nSPS) is 17.4. The van der Waals surface area contributed by atoms with Gasteiger partial charge in [-0.15, -0.1) is 0 Å².